The molecule has 1 heterocycles. The van der Waals surface area contributed by atoms with Gasteiger partial charge in [-0.15, -0.1) is 0 Å². The predicted molar refractivity (Wildman–Crippen MR) is 47.1 cm³/mol. The van der Waals surface area contributed by atoms with Gasteiger partial charge in [-0.2, -0.15) is 0 Å². The third kappa shape index (κ3) is 1.95. The van der Waals surface area contributed by atoms with E-state index in [0.29, 0.717) is 0 Å². The molecule has 1 saturated heterocycles. The van der Waals surface area contributed by atoms with Gasteiger partial charge in [0.1, 0.15) is 6.17 Å². The van der Waals surface area contributed by atoms with Gasteiger partial charge >= 0.3 is 0 Å². The van der Waals surface area contributed by atoms with Crippen LogP contribution in [0.25, 0.3) is 0 Å². The minimum atomic E-state index is -2.71. The molecule has 0 radical (unpaired) electrons. The fourth-order valence-electron chi connectivity index (χ4n) is 2.06. The second-order valence-corrected chi connectivity index (χ2v) is 4.38. The molecule has 1 amide bonds. The molecule has 2 fully saturated rings. The van der Waals surface area contributed by atoms with Crippen molar-refractivity contribution in [3.05, 3.63) is 0 Å². The zero-order chi connectivity index (χ0) is 11.2. The fraction of sp³-hybridized carbons (Fsp3) is 0.889. The molecule has 15 heavy (non-hydrogen) atoms. The van der Waals surface area contributed by atoms with E-state index in [0.717, 1.165) is 0 Å². The molecule has 0 aromatic rings. The number of likely N-dealkylation sites (tertiary alicyclic amines) is 1. The maximum Gasteiger partial charge on any atom is 0.249 e. The maximum absolute atomic E-state index is 13.0. The van der Waals surface area contributed by atoms with Crippen molar-refractivity contribution in [2.75, 3.05) is 13.1 Å². The highest BCUT2D eigenvalue weighted by molar-refractivity contribution is 5.80. The van der Waals surface area contributed by atoms with E-state index in [9.17, 15) is 18.0 Å². The molecule has 1 saturated carbocycles. The van der Waals surface area contributed by atoms with Crippen LogP contribution in [-0.4, -0.2) is 42.0 Å². The third-order valence-electron chi connectivity index (χ3n) is 3.04. The topological polar surface area (TPSA) is 46.3 Å². The van der Waals surface area contributed by atoms with Gasteiger partial charge in [0.2, 0.25) is 11.8 Å². The Hall–Kier alpha value is -0.780. The Balaban J connectivity index is 1.88. The number of halogens is 3. The van der Waals surface area contributed by atoms with E-state index >= 15 is 0 Å². The Morgan fingerprint density at radius 2 is 1.93 bits per heavy atom. The summed E-state index contributed by atoms with van der Waals surface area (Å²) in [6, 6.07) is -0.672. The summed E-state index contributed by atoms with van der Waals surface area (Å²) in [5, 5.41) is 0. The van der Waals surface area contributed by atoms with Crippen molar-refractivity contribution in [1.29, 1.82) is 0 Å². The highest BCUT2D eigenvalue weighted by Gasteiger charge is 2.50. The van der Waals surface area contributed by atoms with Gasteiger partial charge in [-0.25, -0.2) is 13.2 Å². The van der Waals surface area contributed by atoms with Gasteiger partial charge in [-0.3, -0.25) is 4.79 Å². The molecule has 3 nitrogen and oxygen atoms in total. The van der Waals surface area contributed by atoms with Crippen molar-refractivity contribution in [2.24, 2.45) is 11.7 Å². The Labute approximate surface area is 85.4 Å². The minimum absolute atomic E-state index is 0.0535. The molecule has 2 atom stereocenters. The van der Waals surface area contributed by atoms with Crippen molar-refractivity contribution in [2.45, 2.75) is 31.0 Å². The molecule has 6 heteroatoms. The van der Waals surface area contributed by atoms with Crippen LogP contribution in [-0.2, 0) is 4.79 Å². The summed E-state index contributed by atoms with van der Waals surface area (Å²) >= 11 is 0. The quantitative estimate of drug-likeness (QED) is 0.703. The number of nitrogens with two attached hydrogens (primary N) is 1. The first-order valence-corrected chi connectivity index (χ1v) is 4.95. The predicted octanol–water partition coefficient (Wildman–Crippen LogP) is 0.539. The largest absolute Gasteiger partial charge is 0.338 e. The number of hydrogen-bond donors (Lipinski definition) is 1. The van der Waals surface area contributed by atoms with Crippen LogP contribution in [0.3, 0.4) is 0 Å². The minimum Gasteiger partial charge on any atom is -0.338 e. The molecular weight excluding hydrogens is 209 g/mol. The first-order valence-electron chi connectivity index (χ1n) is 4.95. The van der Waals surface area contributed by atoms with Gasteiger partial charge in [0.25, 0.3) is 0 Å². The molecule has 1 aliphatic carbocycles. The second-order valence-electron chi connectivity index (χ2n) is 4.38. The highest BCUT2D eigenvalue weighted by Crippen LogP contribution is 2.43. The summed E-state index contributed by atoms with van der Waals surface area (Å²) < 4.78 is 38.0. The summed E-state index contributed by atoms with van der Waals surface area (Å²) in [6.45, 7) is 0.0874. The van der Waals surface area contributed by atoms with Crippen LogP contribution < -0.4 is 5.73 Å². The molecule has 0 spiro atoms. The lowest BCUT2D eigenvalue weighted by Crippen LogP contribution is -2.46. The number of carbonyl (C=O) groups is 1. The Kier molecular flexibility index (Phi) is 2.41. The lowest BCUT2D eigenvalue weighted by Gasteiger charge is -2.35. The molecule has 86 valence electrons. The third-order valence-corrected chi connectivity index (χ3v) is 3.04. The molecule has 2 aliphatic rings. The Morgan fingerprint density at radius 1 is 1.33 bits per heavy atom. The standard InChI is InChI=1S/C9H13F3N2O/c10-6-3-14(4-7(6)13)8(15)5-1-9(11,12)2-5/h5-7H,1-4,13H2/t6-,7?/m0/s1. The number of rotatable bonds is 1. The SMILES string of the molecule is NC1CN(C(=O)C2CC(F)(F)C2)C[C@@H]1F. The van der Waals surface area contributed by atoms with Crippen LogP contribution in [0.1, 0.15) is 12.8 Å². The summed E-state index contributed by atoms with van der Waals surface area (Å²) in [6.07, 6.45) is -2.04. The van der Waals surface area contributed by atoms with E-state index in [-0.39, 0.29) is 19.0 Å². The van der Waals surface area contributed by atoms with E-state index in [4.69, 9.17) is 5.73 Å². The normalized spacial score (nSPS) is 35.3. The number of hydrogen-bond acceptors (Lipinski definition) is 2. The lowest BCUT2D eigenvalue weighted by atomic mass is 9.80. The monoisotopic (exact) mass is 222 g/mol. The first kappa shape index (κ1) is 10.7. The first-order chi connectivity index (χ1) is 6.89. The maximum atomic E-state index is 13.0. The summed E-state index contributed by atoms with van der Waals surface area (Å²) in [5.41, 5.74) is 5.40. The van der Waals surface area contributed by atoms with Crippen LogP contribution in [0, 0.1) is 5.92 Å². The van der Waals surface area contributed by atoms with Crippen molar-refractivity contribution in [3.8, 4) is 0 Å². The van der Waals surface area contributed by atoms with Gasteiger partial charge in [0, 0.05) is 25.3 Å². The summed E-state index contributed by atoms with van der Waals surface area (Å²) in [5.74, 6) is -3.73. The molecule has 0 aromatic carbocycles. The number of carbonyl (C=O) groups excluding carboxylic acids is 1. The van der Waals surface area contributed by atoms with Crippen LogP contribution in [0.15, 0.2) is 0 Å². The van der Waals surface area contributed by atoms with E-state index in [2.05, 4.69) is 0 Å². The van der Waals surface area contributed by atoms with E-state index in [1.165, 1.54) is 4.90 Å². The van der Waals surface area contributed by atoms with Gasteiger partial charge in [0.05, 0.1) is 12.6 Å². The van der Waals surface area contributed by atoms with Crippen LogP contribution in [0.2, 0.25) is 0 Å². The average Bonchev–Trinajstić information content (AvgIpc) is 2.42. The fourth-order valence-corrected chi connectivity index (χ4v) is 2.06. The number of amides is 1. The van der Waals surface area contributed by atoms with Crippen LogP contribution in [0.5, 0.6) is 0 Å². The van der Waals surface area contributed by atoms with Gasteiger partial charge < -0.3 is 10.6 Å². The zero-order valence-corrected chi connectivity index (χ0v) is 8.13. The average molecular weight is 222 g/mol. The molecule has 1 aliphatic heterocycles. The van der Waals surface area contributed by atoms with Crippen LogP contribution in [0.4, 0.5) is 13.2 Å². The molecule has 0 aromatic heterocycles. The van der Waals surface area contributed by atoms with Crippen molar-refractivity contribution >= 4 is 5.91 Å². The van der Waals surface area contributed by atoms with E-state index in [1.54, 1.807) is 0 Å². The van der Waals surface area contributed by atoms with Crippen molar-refractivity contribution < 1.29 is 18.0 Å². The van der Waals surface area contributed by atoms with Crippen molar-refractivity contribution in [3.63, 3.8) is 0 Å². The number of alkyl halides is 3. The van der Waals surface area contributed by atoms with Crippen LogP contribution >= 0.6 is 0 Å². The molecule has 0 bridgehead atoms. The Bertz CT molecular complexity index is 267. The molecule has 2 rings (SSSR count). The smallest absolute Gasteiger partial charge is 0.249 e. The van der Waals surface area contributed by atoms with Gasteiger partial charge in [0.15, 0.2) is 0 Å². The second kappa shape index (κ2) is 3.37. The molecule has 1 unspecified atom stereocenters. The van der Waals surface area contributed by atoms with E-state index < -0.39 is 36.9 Å². The molecule has 2 N–H and O–H groups in total. The number of nitrogens with zero attached hydrogens (tertiary/aromatic N) is 1. The summed E-state index contributed by atoms with van der Waals surface area (Å²) in [7, 11) is 0. The highest BCUT2D eigenvalue weighted by atomic mass is 19.3. The zero-order valence-electron chi connectivity index (χ0n) is 8.13. The van der Waals surface area contributed by atoms with E-state index in [1.807, 2.05) is 0 Å². The van der Waals surface area contributed by atoms with Crippen molar-refractivity contribution in [1.82, 2.24) is 4.90 Å². The Morgan fingerprint density at radius 3 is 2.33 bits per heavy atom. The molecular formula is C9H13F3N2O. The van der Waals surface area contributed by atoms with Gasteiger partial charge in [-0.1, -0.05) is 0 Å². The summed E-state index contributed by atoms with van der Waals surface area (Å²) in [4.78, 5) is 12.8. The lowest BCUT2D eigenvalue weighted by molar-refractivity contribution is -0.159. The van der Waals surface area contributed by atoms with Gasteiger partial charge in [-0.05, 0) is 0 Å².